The standard InChI is InChI=1S/C13H15N3O2S/c17-19(18,12-9-14-15-10-12)16-8-4-7-13(16)11-5-2-1-3-6-11/h1-3,5-6,9-10,13H,4,7-8H2,(H,14,15). The van der Waals surface area contributed by atoms with E-state index >= 15 is 0 Å². The van der Waals surface area contributed by atoms with Crippen LogP contribution in [0.4, 0.5) is 0 Å². The lowest BCUT2D eigenvalue weighted by molar-refractivity contribution is 0.397. The molecule has 0 saturated carbocycles. The molecule has 3 rings (SSSR count). The van der Waals surface area contributed by atoms with Crippen molar-refractivity contribution in [1.82, 2.24) is 14.5 Å². The highest BCUT2D eigenvalue weighted by Crippen LogP contribution is 2.36. The summed E-state index contributed by atoms with van der Waals surface area (Å²) in [6, 6.07) is 9.71. The van der Waals surface area contributed by atoms with Gasteiger partial charge in [0.1, 0.15) is 4.90 Å². The first-order chi connectivity index (χ1) is 9.19. The third-order valence-electron chi connectivity index (χ3n) is 3.47. The third-order valence-corrected chi connectivity index (χ3v) is 5.34. The van der Waals surface area contributed by atoms with Crippen LogP contribution in [0.3, 0.4) is 0 Å². The van der Waals surface area contributed by atoms with Gasteiger partial charge in [0, 0.05) is 12.7 Å². The Balaban J connectivity index is 1.97. The Morgan fingerprint density at radius 1 is 1.26 bits per heavy atom. The van der Waals surface area contributed by atoms with Crippen molar-refractivity contribution in [2.24, 2.45) is 0 Å². The summed E-state index contributed by atoms with van der Waals surface area (Å²) in [6.45, 7) is 0.563. The molecule has 6 heteroatoms. The number of sulfonamides is 1. The lowest BCUT2D eigenvalue weighted by Gasteiger charge is -2.23. The first-order valence-electron chi connectivity index (χ1n) is 6.25. The lowest BCUT2D eigenvalue weighted by atomic mass is 10.1. The highest BCUT2D eigenvalue weighted by Gasteiger charge is 2.36. The minimum Gasteiger partial charge on any atom is -0.284 e. The average Bonchev–Trinajstić information content (AvgIpc) is 3.11. The summed E-state index contributed by atoms with van der Waals surface area (Å²) in [4.78, 5) is 0.232. The highest BCUT2D eigenvalue weighted by atomic mass is 32.2. The van der Waals surface area contributed by atoms with Crippen molar-refractivity contribution in [3.05, 3.63) is 48.3 Å². The van der Waals surface area contributed by atoms with Crippen molar-refractivity contribution in [2.75, 3.05) is 6.54 Å². The Bertz CT molecular complexity index is 638. The average molecular weight is 277 g/mol. The van der Waals surface area contributed by atoms with Crippen LogP contribution >= 0.6 is 0 Å². The molecule has 2 aromatic rings. The fourth-order valence-corrected chi connectivity index (χ4v) is 4.14. The van der Waals surface area contributed by atoms with E-state index in [0.717, 1.165) is 18.4 Å². The smallest absolute Gasteiger partial charge is 0.246 e. The Kier molecular flexibility index (Phi) is 3.12. The van der Waals surface area contributed by atoms with Gasteiger partial charge in [-0.05, 0) is 18.4 Å². The third kappa shape index (κ3) is 2.17. The molecule has 1 saturated heterocycles. The summed E-state index contributed by atoms with van der Waals surface area (Å²) in [5.74, 6) is 0. The van der Waals surface area contributed by atoms with Gasteiger partial charge in [-0.15, -0.1) is 0 Å². The molecule has 0 bridgehead atoms. The van der Waals surface area contributed by atoms with Gasteiger partial charge in [-0.25, -0.2) is 8.42 Å². The van der Waals surface area contributed by atoms with Crippen molar-refractivity contribution in [3.63, 3.8) is 0 Å². The quantitative estimate of drug-likeness (QED) is 0.932. The van der Waals surface area contributed by atoms with Gasteiger partial charge in [0.05, 0.1) is 12.2 Å². The van der Waals surface area contributed by atoms with Gasteiger partial charge in [0.2, 0.25) is 10.0 Å². The van der Waals surface area contributed by atoms with Crippen LogP contribution in [0.5, 0.6) is 0 Å². The van der Waals surface area contributed by atoms with Crippen LogP contribution in [0, 0.1) is 0 Å². The minimum absolute atomic E-state index is 0.0684. The maximum atomic E-state index is 12.5. The Morgan fingerprint density at radius 3 is 2.74 bits per heavy atom. The Labute approximate surface area is 112 Å². The van der Waals surface area contributed by atoms with E-state index < -0.39 is 10.0 Å². The molecule has 1 fully saturated rings. The summed E-state index contributed by atoms with van der Waals surface area (Å²) in [5.41, 5.74) is 1.05. The second-order valence-corrected chi connectivity index (χ2v) is 6.51. The van der Waals surface area contributed by atoms with Crippen LogP contribution in [0.2, 0.25) is 0 Å². The molecular weight excluding hydrogens is 262 g/mol. The van der Waals surface area contributed by atoms with Gasteiger partial charge in [-0.2, -0.15) is 9.40 Å². The summed E-state index contributed by atoms with van der Waals surface area (Å²) >= 11 is 0. The topological polar surface area (TPSA) is 66.1 Å². The first-order valence-corrected chi connectivity index (χ1v) is 7.69. The molecule has 0 spiro atoms. The van der Waals surface area contributed by atoms with Crippen LogP contribution in [0.25, 0.3) is 0 Å². The van der Waals surface area contributed by atoms with Crippen molar-refractivity contribution in [1.29, 1.82) is 0 Å². The second kappa shape index (κ2) is 4.79. The molecule has 2 heterocycles. The zero-order valence-electron chi connectivity index (χ0n) is 10.4. The van der Waals surface area contributed by atoms with E-state index in [-0.39, 0.29) is 10.9 Å². The van der Waals surface area contributed by atoms with E-state index in [0.29, 0.717) is 6.54 Å². The van der Waals surface area contributed by atoms with Crippen LogP contribution in [-0.2, 0) is 10.0 Å². The first kappa shape index (κ1) is 12.4. The fourth-order valence-electron chi connectivity index (χ4n) is 2.55. The van der Waals surface area contributed by atoms with E-state index in [2.05, 4.69) is 10.2 Å². The minimum atomic E-state index is -3.45. The second-order valence-electron chi connectivity index (χ2n) is 4.62. The van der Waals surface area contributed by atoms with Crippen LogP contribution in [0.15, 0.2) is 47.6 Å². The summed E-state index contributed by atoms with van der Waals surface area (Å²) in [5, 5.41) is 6.28. The number of aromatic amines is 1. The van der Waals surface area contributed by atoms with Crippen LogP contribution in [0.1, 0.15) is 24.4 Å². The molecule has 1 aliphatic rings. The van der Waals surface area contributed by atoms with Gasteiger partial charge in [0.15, 0.2) is 0 Å². The van der Waals surface area contributed by atoms with Crippen LogP contribution < -0.4 is 0 Å². The van der Waals surface area contributed by atoms with Gasteiger partial charge in [-0.1, -0.05) is 30.3 Å². The SMILES string of the molecule is O=S(=O)(c1cn[nH]c1)N1CCCC1c1ccccc1. The number of nitrogens with zero attached hydrogens (tertiary/aromatic N) is 2. The van der Waals surface area contributed by atoms with Gasteiger partial charge in [-0.3, -0.25) is 5.10 Å². The van der Waals surface area contributed by atoms with E-state index in [1.54, 1.807) is 4.31 Å². The maximum absolute atomic E-state index is 12.5. The van der Waals surface area contributed by atoms with E-state index in [9.17, 15) is 8.42 Å². The van der Waals surface area contributed by atoms with E-state index in [1.165, 1.54) is 12.4 Å². The number of benzene rings is 1. The molecule has 1 unspecified atom stereocenters. The number of aromatic nitrogens is 2. The zero-order chi connectivity index (χ0) is 13.3. The summed E-state index contributed by atoms with van der Waals surface area (Å²) in [7, 11) is -3.45. The molecule has 1 atom stereocenters. The largest absolute Gasteiger partial charge is 0.284 e. The van der Waals surface area contributed by atoms with Gasteiger partial charge < -0.3 is 0 Å². The van der Waals surface area contributed by atoms with Gasteiger partial charge in [0.25, 0.3) is 0 Å². The summed E-state index contributed by atoms with van der Waals surface area (Å²) in [6.07, 6.45) is 4.53. The normalized spacial score (nSPS) is 20.7. The molecule has 5 nitrogen and oxygen atoms in total. The number of rotatable bonds is 3. The molecule has 1 aromatic carbocycles. The number of hydrogen-bond acceptors (Lipinski definition) is 3. The lowest BCUT2D eigenvalue weighted by Crippen LogP contribution is -2.30. The Morgan fingerprint density at radius 2 is 2.05 bits per heavy atom. The molecular formula is C13H15N3O2S. The molecule has 1 aliphatic heterocycles. The number of hydrogen-bond donors (Lipinski definition) is 1. The highest BCUT2D eigenvalue weighted by molar-refractivity contribution is 7.89. The zero-order valence-corrected chi connectivity index (χ0v) is 11.2. The number of H-pyrrole nitrogens is 1. The number of nitrogens with one attached hydrogen (secondary N) is 1. The molecule has 0 amide bonds. The predicted octanol–water partition coefficient (Wildman–Crippen LogP) is 1.94. The molecule has 1 N–H and O–H groups in total. The molecule has 0 aliphatic carbocycles. The maximum Gasteiger partial charge on any atom is 0.246 e. The van der Waals surface area contributed by atoms with Crippen molar-refractivity contribution < 1.29 is 8.42 Å². The monoisotopic (exact) mass is 277 g/mol. The fraction of sp³-hybridized carbons (Fsp3) is 0.308. The molecule has 19 heavy (non-hydrogen) atoms. The molecule has 100 valence electrons. The molecule has 1 aromatic heterocycles. The van der Waals surface area contributed by atoms with Crippen molar-refractivity contribution >= 4 is 10.0 Å². The molecule has 0 radical (unpaired) electrons. The predicted molar refractivity (Wildman–Crippen MR) is 70.9 cm³/mol. The Hall–Kier alpha value is -1.66. The van der Waals surface area contributed by atoms with Crippen molar-refractivity contribution in [2.45, 2.75) is 23.8 Å². The summed E-state index contributed by atoms with van der Waals surface area (Å²) < 4.78 is 26.7. The van der Waals surface area contributed by atoms with Crippen molar-refractivity contribution in [3.8, 4) is 0 Å². The van der Waals surface area contributed by atoms with E-state index in [1.807, 2.05) is 30.3 Å². The van der Waals surface area contributed by atoms with Crippen LogP contribution in [-0.4, -0.2) is 29.5 Å². The van der Waals surface area contributed by atoms with E-state index in [4.69, 9.17) is 0 Å². The van der Waals surface area contributed by atoms with Gasteiger partial charge >= 0.3 is 0 Å².